The lowest BCUT2D eigenvalue weighted by molar-refractivity contribution is 0.0630. The van der Waals surface area contributed by atoms with E-state index < -0.39 is 0 Å². The Morgan fingerprint density at radius 3 is 2.67 bits per heavy atom. The Balaban J connectivity index is 1.82. The first kappa shape index (κ1) is 15.3. The molecule has 0 saturated carbocycles. The number of hydrogen-bond acceptors (Lipinski definition) is 2. The number of hydrogen-bond donors (Lipinski definition) is 1. The largest absolute Gasteiger partial charge is 0.336 e. The van der Waals surface area contributed by atoms with Gasteiger partial charge in [-0.15, -0.1) is 0 Å². The third-order valence-corrected chi connectivity index (χ3v) is 5.58. The van der Waals surface area contributed by atoms with Crippen LogP contribution in [0.1, 0.15) is 43.0 Å². The minimum atomic E-state index is 0.0816. The molecule has 1 amide bonds. The summed E-state index contributed by atoms with van der Waals surface area (Å²) in [4.78, 5) is 14.9. The second kappa shape index (κ2) is 6.27. The van der Waals surface area contributed by atoms with E-state index in [1.165, 1.54) is 12.8 Å². The molecule has 2 aliphatic rings. The van der Waals surface area contributed by atoms with Gasteiger partial charge in [0.2, 0.25) is 0 Å². The highest BCUT2D eigenvalue weighted by Gasteiger charge is 2.37. The predicted molar refractivity (Wildman–Crippen MR) is 88.8 cm³/mol. The molecule has 2 heterocycles. The van der Waals surface area contributed by atoms with Crippen LogP contribution in [-0.2, 0) is 0 Å². The van der Waals surface area contributed by atoms with Crippen LogP contribution in [0.4, 0.5) is 0 Å². The minimum Gasteiger partial charge on any atom is -0.336 e. The highest BCUT2D eigenvalue weighted by molar-refractivity contribution is 9.10. The van der Waals surface area contributed by atoms with Gasteiger partial charge in [-0.05, 0) is 66.7 Å². The number of fused-ring (bicyclic) bond motifs is 2. The van der Waals surface area contributed by atoms with Crippen molar-refractivity contribution in [3.8, 4) is 0 Å². The Kier molecular flexibility index (Phi) is 4.57. The molecule has 1 aromatic rings. The summed E-state index contributed by atoms with van der Waals surface area (Å²) in [5.41, 5.74) is 0.662. The zero-order chi connectivity index (χ0) is 15.0. The normalized spacial score (nSPS) is 27.7. The lowest BCUT2D eigenvalue weighted by Gasteiger charge is -2.37. The van der Waals surface area contributed by atoms with E-state index in [0.29, 0.717) is 28.7 Å². The minimum absolute atomic E-state index is 0.0816. The van der Waals surface area contributed by atoms with Gasteiger partial charge in [-0.1, -0.05) is 11.6 Å². The van der Waals surface area contributed by atoms with Crippen molar-refractivity contribution in [2.24, 2.45) is 0 Å². The van der Waals surface area contributed by atoms with E-state index in [-0.39, 0.29) is 5.91 Å². The maximum absolute atomic E-state index is 12.9. The van der Waals surface area contributed by atoms with Gasteiger partial charge in [-0.3, -0.25) is 4.79 Å². The van der Waals surface area contributed by atoms with Crippen LogP contribution in [0.5, 0.6) is 0 Å². The highest BCUT2D eigenvalue weighted by atomic mass is 79.9. The number of piperidine rings is 1. The summed E-state index contributed by atoms with van der Waals surface area (Å²) in [6, 6.07) is 6.90. The number of nitrogens with one attached hydrogen (secondary N) is 1. The molecule has 21 heavy (non-hydrogen) atoms. The maximum Gasteiger partial charge on any atom is 0.255 e. The van der Waals surface area contributed by atoms with Gasteiger partial charge in [-0.2, -0.15) is 0 Å². The Labute approximate surface area is 139 Å². The summed E-state index contributed by atoms with van der Waals surface area (Å²) < 4.78 is 0.812. The Hall–Kier alpha value is -0.580. The average molecular weight is 372 g/mol. The fourth-order valence-electron chi connectivity index (χ4n) is 3.67. The molecule has 3 rings (SSSR count). The lowest BCUT2D eigenvalue weighted by Crippen LogP contribution is -2.50. The summed E-state index contributed by atoms with van der Waals surface area (Å²) in [5, 5.41) is 4.23. The summed E-state index contributed by atoms with van der Waals surface area (Å²) >= 11 is 9.52. The smallest absolute Gasteiger partial charge is 0.255 e. The fraction of sp³-hybridized carbons (Fsp3) is 0.562. The van der Waals surface area contributed by atoms with E-state index in [1.807, 2.05) is 11.0 Å². The molecule has 2 bridgehead atoms. The number of halogens is 2. The molecule has 2 saturated heterocycles. The van der Waals surface area contributed by atoms with E-state index >= 15 is 0 Å². The van der Waals surface area contributed by atoms with Gasteiger partial charge in [-0.25, -0.2) is 0 Å². The number of nitrogens with zero attached hydrogens (tertiary/aromatic N) is 1. The first-order valence-corrected chi connectivity index (χ1v) is 8.77. The van der Waals surface area contributed by atoms with Crippen molar-refractivity contribution < 1.29 is 4.79 Å². The second-order valence-electron chi connectivity index (χ2n) is 5.98. The van der Waals surface area contributed by atoms with Gasteiger partial charge in [0.25, 0.3) is 5.91 Å². The molecular weight excluding hydrogens is 352 g/mol. The number of amides is 1. The lowest BCUT2D eigenvalue weighted by atomic mass is 9.97. The van der Waals surface area contributed by atoms with Gasteiger partial charge in [0, 0.05) is 34.2 Å². The second-order valence-corrected chi connectivity index (χ2v) is 7.27. The number of carbonyl (C=O) groups excluding carboxylic acids is 1. The van der Waals surface area contributed by atoms with Crippen molar-refractivity contribution in [3.63, 3.8) is 0 Å². The number of benzene rings is 1. The Morgan fingerprint density at radius 1 is 1.38 bits per heavy atom. The molecule has 1 N–H and O–H groups in total. The van der Waals surface area contributed by atoms with Crippen molar-refractivity contribution in [1.82, 2.24) is 10.2 Å². The van der Waals surface area contributed by atoms with Gasteiger partial charge in [0.15, 0.2) is 0 Å². The van der Waals surface area contributed by atoms with Crippen molar-refractivity contribution in [1.29, 1.82) is 0 Å². The van der Waals surface area contributed by atoms with E-state index in [9.17, 15) is 4.79 Å². The van der Waals surface area contributed by atoms with Crippen LogP contribution in [0.2, 0.25) is 5.02 Å². The molecule has 2 fully saturated rings. The van der Waals surface area contributed by atoms with Crippen molar-refractivity contribution >= 4 is 33.4 Å². The SMILES string of the molecule is CCN(C(=O)c1cc(Cl)ccc1Br)C1CC2CCC(C1)N2. The van der Waals surface area contributed by atoms with Crippen LogP contribution in [0, 0.1) is 0 Å². The van der Waals surface area contributed by atoms with Gasteiger partial charge >= 0.3 is 0 Å². The van der Waals surface area contributed by atoms with Crippen molar-refractivity contribution in [2.45, 2.75) is 50.7 Å². The predicted octanol–water partition coefficient (Wildman–Crippen LogP) is 3.85. The van der Waals surface area contributed by atoms with E-state index in [2.05, 4.69) is 28.2 Å². The molecular formula is C16H20BrClN2O. The third-order valence-electron chi connectivity index (χ3n) is 4.65. The Bertz CT molecular complexity index is 539. The topological polar surface area (TPSA) is 32.3 Å². The first-order valence-electron chi connectivity index (χ1n) is 7.60. The van der Waals surface area contributed by atoms with Gasteiger partial charge in [0.05, 0.1) is 5.56 Å². The van der Waals surface area contributed by atoms with Crippen LogP contribution in [-0.4, -0.2) is 35.5 Å². The molecule has 2 aliphatic heterocycles. The average Bonchev–Trinajstić information content (AvgIpc) is 2.81. The fourth-order valence-corrected chi connectivity index (χ4v) is 4.25. The Morgan fingerprint density at radius 2 is 2.05 bits per heavy atom. The molecule has 0 aliphatic carbocycles. The molecule has 0 aromatic heterocycles. The molecule has 5 heteroatoms. The number of rotatable bonds is 3. The number of carbonyl (C=O) groups is 1. The van der Waals surface area contributed by atoms with E-state index in [1.54, 1.807) is 12.1 Å². The third kappa shape index (κ3) is 3.13. The molecule has 2 unspecified atom stereocenters. The highest BCUT2D eigenvalue weighted by Crippen LogP contribution is 2.31. The van der Waals surface area contributed by atoms with Crippen molar-refractivity contribution in [2.75, 3.05) is 6.54 Å². The maximum atomic E-state index is 12.9. The van der Waals surface area contributed by atoms with E-state index in [0.717, 1.165) is 23.9 Å². The summed E-state index contributed by atoms with van der Waals surface area (Å²) in [6.45, 7) is 2.79. The van der Waals surface area contributed by atoms with E-state index in [4.69, 9.17) is 11.6 Å². The molecule has 0 radical (unpaired) electrons. The molecule has 2 atom stereocenters. The zero-order valence-electron chi connectivity index (χ0n) is 12.1. The van der Waals surface area contributed by atoms with Crippen LogP contribution in [0.25, 0.3) is 0 Å². The van der Waals surface area contributed by atoms with Gasteiger partial charge in [0.1, 0.15) is 0 Å². The monoisotopic (exact) mass is 370 g/mol. The summed E-state index contributed by atoms with van der Waals surface area (Å²) in [7, 11) is 0. The van der Waals surface area contributed by atoms with Crippen LogP contribution in [0.15, 0.2) is 22.7 Å². The standard InChI is InChI=1S/C16H20BrClN2O/c1-2-20(13-8-11-4-5-12(9-13)19-11)16(21)14-7-10(18)3-6-15(14)17/h3,6-7,11-13,19H,2,4-5,8-9H2,1H3. The molecule has 3 nitrogen and oxygen atoms in total. The first-order chi connectivity index (χ1) is 10.1. The van der Waals surface area contributed by atoms with Crippen LogP contribution >= 0.6 is 27.5 Å². The van der Waals surface area contributed by atoms with Crippen LogP contribution < -0.4 is 5.32 Å². The molecule has 0 spiro atoms. The zero-order valence-corrected chi connectivity index (χ0v) is 14.5. The van der Waals surface area contributed by atoms with Crippen LogP contribution in [0.3, 0.4) is 0 Å². The summed E-state index contributed by atoms with van der Waals surface area (Å²) in [6.07, 6.45) is 4.62. The van der Waals surface area contributed by atoms with Crippen molar-refractivity contribution in [3.05, 3.63) is 33.3 Å². The summed E-state index contributed by atoms with van der Waals surface area (Å²) in [5.74, 6) is 0.0816. The molecule has 114 valence electrons. The van der Waals surface area contributed by atoms with Gasteiger partial charge < -0.3 is 10.2 Å². The quantitative estimate of drug-likeness (QED) is 0.875. The molecule has 1 aromatic carbocycles.